The van der Waals surface area contributed by atoms with E-state index in [4.69, 9.17) is 4.74 Å². The molecule has 2 heterocycles. The first-order valence-electron chi connectivity index (χ1n) is 12.7. The van der Waals surface area contributed by atoms with Crippen molar-refractivity contribution in [3.8, 4) is 11.3 Å². The zero-order valence-corrected chi connectivity index (χ0v) is 21.3. The average Bonchev–Trinajstić information content (AvgIpc) is 3.70. The number of hydrogen-bond acceptors (Lipinski definition) is 6. The molecule has 2 fully saturated rings. The number of carbonyl (C=O) groups excluding carboxylic acids is 3. The molecular weight excluding hydrogens is 488 g/mol. The number of thiazole rings is 1. The van der Waals surface area contributed by atoms with E-state index in [1.807, 2.05) is 47.8 Å². The fourth-order valence-corrected chi connectivity index (χ4v) is 5.57. The van der Waals surface area contributed by atoms with E-state index in [1.54, 1.807) is 12.1 Å². The van der Waals surface area contributed by atoms with Gasteiger partial charge in [0.25, 0.3) is 5.91 Å². The van der Waals surface area contributed by atoms with Crippen molar-refractivity contribution in [3.63, 3.8) is 0 Å². The lowest BCUT2D eigenvalue weighted by molar-refractivity contribution is -0.120. The Bertz CT molecular complexity index is 1240. The van der Waals surface area contributed by atoms with Gasteiger partial charge in [0.1, 0.15) is 12.6 Å². The molecule has 1 saturated heterocycles. The molecule has 1 aliphatic heterocycles. The van der Waals surface area contributed by atoms with Crippen LogP contribution in [-0.4, -0.2) is 46.4 Å². The van der Waals surface area contributed by atoms with Crippen molar-refractivity contribution in [1.29, 1.82) is 0 Å². The zero-order valence-electron chi connectivity index (χ0n) is 20.5. The minimum atomic E-state index is -0.590. The van der Waals surface area contributed by atoms with Crippen LogP contribution in [-0.2, 0) is 16.1 Å². The molecule has 1 aromatic heterocycles. The molecule has 2 aromatic carbocycles. The Morgan fingerprint density at radius 3 is 2.49 bits per heavy atom. The Labute approximate surface area is 220 Å². The van der Waals surface area contributed by atoms with E-state index in [9.17, 15) is 14.4 Å². The van der Waals surface area contributed by atoms with Gasteiger partial charge in [0.05, 0.1) is 5.69 Å². The third kappa shape index (κ3) is 6.17. The first-order valence-corrected chi connectivity index (χ1v) is 13.6. The molecule has 8 nitrogen and oxygen atoms in total. The van der Waals surface area contributed by atoms with Crippen molar-refractivity contribution < 1.29 is 19.1 Å². The molecule has 192 valence electrons. The maximum Gasteiger partial charge on any atom is 0.410 e. The summed E-state index contributed by atoms with van der Waals surface area (Å²) in [5.41, 5.74) is 3.10. The molecule has 3 aromatic rings. The second kappa shape index (κ2) is 11.6. The third-order valence-electron chi connectivity index (χ3n) is 6.86. The van der Waals surface area contributed by atoms with Gasteiger partial charge in [0, 0.05) is 29.1 Å². The van der Waals surface area contributed by atoms with Crippen LogP contribution in [0.2, 0.25) is 0 Å². The minimum Gasteiger partial charge on any atom is -0.445 e. The van der Waals surface area contributed by atoms with Crippen LogP contribution < -0.4 is 10.6 Å². The smallest absolute Gasteiger partial charge is 0.410 e. The normalized spacial score (nSPS) is 17.5. The van der Waals surface area contributed by atoms with Gasteiger partial charge in [-0.3, -0.25) is 14.5 Å². The monoisotopic (exact) mass is 518 g/mol. The summed E-state index contributed by atoms with van der Waals surface area (Å²) in [7, 11) is 0. The van der Waals surface area contributed by atoms with Gasteiger partial charge < -0.3 is 15.4 Å². The molecule has 2 N–H and O–H groups in total. The SMILES string of the molecule is O=C(NC1CCCC1)c1ccc(-c2csc(NC(=O)[C@H]3CCCN3C(=O)OCc3ccccc3)n2)cc1. The first-order chi connectivity index (χ1) is 18.1. The quantitative estimate of drug-likeness (QED) is 0.447. The highest BCUT2D eigenvalue weighted by molar-refractivity contribution is 7.14. The summed E-state index contributed by atoms with van der Waals surface area (Å²) in [5, 5.41) is 8.29. The number of nitrogens with zero attached hydrogens (tertiary/aromatic N) is 2. The Hall–Kier alpha value is -3.72. The molecule has 9 heteroatoms. The van der Waals surface area contributed by atoms with Crippen molar-refractivity contribution in [3.05, 3.63) is 71.1 Å². The molecule has 1 atom stereocenters. The van der Waals surface area contributed by atoms with E-state index < -0.39 is 12.1 Å². The lowest BCUT2D eigenvalue weighted by Gasteiger charge is -2.22. The predicted octanol–water partition coefficient (Wildman–Crippen LogP) is 5.22. The van der Waals surface area contributed by atoms with E-state index in [-0.39, 0.29) is 24.5 Å². The maximum absolute atomic E-state index is 13.0. The van der Waals surface area contributed by atoms with Crippen LogP contribution in [0.3, 0.4) is 0 Å². The molecule has 2 aliphatic rings. The summed E-state index contributed by atoms with van der Waals surface area (Å²) in [5.74, 6) is -0.318. The van der Waals surface area contributed by atoms with E-state index in [2.05, 4.69) is 15.6 Å². The van der Waals surface area contributed by atoms with Crippen LogP contribution in [0.25, 0.3) is 11.3 Å². The van der Waals surface area contributed by atoms with Crippen LogP contribution in [0.4, 0.5) is 9.93 Å². The fourth-order valence-electron chi connectivity index (χ4n) is 4.84. The molecule has 5 rings (SSSR count). The Kier molecular flexibility index (Phi) is 7.79. The largest absolute Gasteiger partial charge is 0.445 e. The van der Waals surface area contributed by atoms with Gasteiger partial charge in [0.15, 0.2) is 5.13 Å². The number of likely N-dealkylation sites (tertiary alicyclic amines) is 1. The van der Waals surface area contributed by atoms with E-state index in [0.29, 0.717) is 29.4 Å². The molecule has 1 saturated carbocycles. The molecular formula is C28H30N4O4S. The number of rotatable bonds is 7. The van der Waals surface area contributed by atoms with Gasteiger partial charge >= 0.3 is 6.09 Å². The summed E-state index contributed by atoms with van der Waals surface area (Å²) >= 11 is 1.32. The molecule has 1 aliphatic carbocycles. The summed E-state index contributed by atoms with van der Waals surface area (Å²) in [6.45, 7) is 0.650. The highest BCUT2D eigenvalue weighted by atomic mass is 32.1. The fraction of sp³-hybridized carbons (Fsp3) is 0.357. The zero-order chi connectivity index (χ0) is 25.6. The van der Waals surface area contributed by atoms with Gasteiger partial charge in [-0.1, -0.05) is 55.3 Å². The second-order valence-corrected chi connectivity index (χ2v) is 10.3. The van der Waals surface area contributed by atoms with Gasteiger partial charge in [-0.15, -0.1) is 11.3 Å². The van der Waals surface area contributed by atoms with Gasteiger partial charge in [-0.2, -0.15) is 0 Å². The Morgan fingerprint density at radius 2 is 1.73 bits per heavy atom. The highest BCUT2D eigenvalue weighted by Gasteiger charge is 2.35. The van der Waals surface area contributed by atoms with Gasteiger partial charge in [-0.05, 0) is 43.4 Å². The Balaban J connectivity index is 1.16. The highest BCUT2D eigenvalue weighted by Crippen LogP contribution is 2.27. The van der Waals surface area contributed by atoms with Gasteiger partial charge in [0.2, 0.25) is 5.91 Å². The number of ether oxygens (including phenoxy) is 1. The van der Waals surface area contributed by atoms with E-state index in [0.717, 1.165) is 30.4 Å². The van der Waals surface area contributed by atoms with E-state index in [1.165, 1.54) is 29.1 Å². The number of hydrogen-bond donors (Lipinski definition) is 2. The number of amides is 3. The average molecular weight is 519 g/mol. The molecule has 0 unspecified atom stereocenters. The summed E-state index contributed by atoms with van der Waals surface area (Å²) in [4.78, 5) is 44.1. The van der Waals surface area contributed by atoms with Crippen LogP contribution in [0.1, 0.15) is 54.4 Å². The topological polar surface area (TPSA) is 101 Å². The number of anilines is 1. The first kappa shape index (κ1) is 25.0. The molecule has 37 heavy (non-hydrogen) atoms. The minimum absolute atomic E-state index is 0.0481. The number of benzene rings is 2. The number of carbonyl (C=O) groups is 3. The predicted molar refractivity (Wildman–Crippen MR) is 142 cm³/mol. The van der Waals surface area contributed by atoms with Crippen molar-refractivity contribution >= 4 is 34.4 Å². The lowest BCUT2D eigenvalue weighted by atomic mass is 10.1. The Morgan fingerprint density at radius 1 is 0.973 bits per heavy atom. The van der Waals surface area contributed by atoms with Crippen LogP contribution in [0.15, 0.2) is 60.0 Å². The molecule has 0 bridgehead atoms. The standard InChI is InChI=1S/C28H30N4O4S/c33-25(29-22-9-4-5-10-22)21-14-12-20(13-15-21)23-18-37-27(30-23)31-26(34)24-11-6-16-32(24)28(35)36-17-19-7-2-1-3-8-19/h1-3,7-8,12-15,18,22,24H,4-6,9-11,16-17H2,(H,29,33)(H,30,31,34)/t24-/m1/s1. The molecule has 0 radical (unpaired) electrons. The van der Waals surface area contributed by atoms with Crippen molar-refractivity contribution in [2.24, 2.45) is 0 Å². The van der Waals surface area contributed by atoms with Crippen LogP contribution >= 0.6 is 11.3 Å². The number of nitrogens with one attached hydrogen (secondary N) is 2. The molecule has 0 spiro atoms. The maximum atomic E-state index is 13.0. The third-order valence-corrected chi connectivity index (χ3v) is 7.62. The summed E-state index contributed by atoms with van der Waals surface area (Å²) in [6.07, 6.45) is 5.26. The van der Waals surface area contributed by atoms with Crippen molar-refractivity contribution in [1.82, 2.24) is 15.2 Å². The van der Waals surface area contributed by atoms with Crippen molar-refractivity contribution in [2.45, 2.75) is 57.2 Å². The van der Waals surface area contributed by atoms with E-state index >= 15 is 0 Å². The number of aromatic nitrogens is 1. The summed E-state index contributed by atoms with van der Waals surface area (Å²) < 4.78 is 5.43. The summed E-state index contributed by atoms with van der Waals surface area (Å²) in [6, 6.07) is 16.5. The lowest BCUT2D eigenvalue weighted by Crippen LogP contribution is -2.43. The molecule has 3 amide bonds. The van der Waals surface area contributed by atoms with Gasteiger partial charge in [-0.25, -0.2) is 9.78 Å². The second-order valence-electron chi connectivity index (χ2n) is 9.45. The van der Waals surface area contributed by atoms with Crippen LogP contribution in [0.5, 0.6) is 0 Å². The van der Waals surface area contributed by atoms with Crippen LogP contribution in [0, 0.1) is 0 Å². The van der Waals surface area contributed by atoms with Crippen molar-refractivity contribution in [2.75, 3.05) is 11.9 Å².